The van der Waals surface area contributed by atoms with Crippen molar-refractivity contribution in [2.75, 3.05) is 19.6 Å². The Morgan fingerprint density at radius 3 is 2.14 bits per heavy atom. The molecule has 0 aromatic rings. The maximum atomic E-state index is 6.31. The van der Waals surface area contributed by atoms with Crippen molar-refractivity contribution in [1.29, 1.82) is 0 Å². The molecule has 0 radical (unpaired) electrons. The van der Waals surface area contributed by atoms with E-state index in [0.29, 0.717) is 5.54 Å². The average Bonchev–Trinajstić information content (AvgIpc) is 2.76. The van der Waals surface area contributed by atoms with Crippen LogP contribution in [0.4, 0.5) is 0 Å². The molecule has 1 aliphatic rings. The molecule has 1 fully saturated rings. The summed E-state index contributed by atoms with van der Waals surface area (Å²) in [6, 6.07) is 0. The largest absolute Gasteiger partial charge is 0.329 e. The molecular weight excluding hydrogens is 256 g/mol. The molecule has 2 heteroatoms. The van der Waals surface area contributed by atoms with Gasteiger partial charge in [0.15, 0.2) is 0 Å². The minimum Gasteiger partial charge on any atom is -0.329 e. The maximum Gasteiger partial charge on any atom is 0.0331 e. The molecule has 0 aromatic heterocycles. The van der Waals surface area contributed by atoms with Crippen LogP contribution in [0.5, 0.6) is 0 Å². The van der Waals surface area contributed by atoms with Crippen molar-refractivity contribution in [2.24, 2.45) is 11.7 Å². The molecular formula is C19H40N2. The van der Waals surface area contributed by atoms with Crippen LogP contribution in [-0.2, 0) is 0 Å². The van der Waals surface area contributed by atoms with Gasteiger partial charge in [0, 0.05) is 18.6 Å². The van der Waals surface area contributed by atoms with Gasteiger partial charge in [-0.1, -0.05) is 65.7 Å². The van der Waals surface area contributed by atoms with E-state index in [2.05, 4.69) is 25.7 Å². The van der Waals surface area contributed by atoms with Gasteiger partial charge in [0.1, 0.15) is 0 Å². The number of nitrogens with zero attached hydrogens (tertiary/aromatic N) is 1. The molecule has 2 N–H and O–H groups in total. The van der Waals surface area contributed by atoms with Gasteiger partial charge in [0.2, 0.25) is 0 Å². The lowest BCUT2D eigenvalue weighted by Crippen LogP contribution is -2.55. The van der Waals surface area contributed by atoms with E-state index in [4.69, 9.17) is 5.73 Å². The molecule has 1 unspecified atom stereocenters. The van der Waals surface area contributed by atoms with Gasteiger partial charge in [-0.15, -0.1) is 0 Å². The summed E-state index contributed by atoms with van der Waals surface area (Å²) in [5, 5.41) is 0. The summed E-state index contributed by atoms with van der Waals surface area (Å²) < 4.78 is 0. The van der Waals surface area contributed by atoms with Crippen molar-refractivity contribution in [2.45, 2.75) is 96.9 Å². The van der Waals surface area contributed by atoms with Crippen molar-refractivity contribution in [3.8, 4) is 0 Å². The second-order valence-corrected chi connectivity index (χ2v) is 7.21. The zero-order valence-electron chi connectivity index (χ0n) is 15.0. The number of rotatable bonds is 10. The molecule has 0 bridgehead atoms. The molecule has 0 spiro atoms. The van der Waals surface area contributed by atoms with Crippen molar-refractivity contribution in [3.63, 3.8) is 0 Å². The minimum absolute atomic E-state index is 0.312. The fourth-order valence-corrected chi connectivity index (χ4v) is 4.06. The van der Waals surface area contributed by atoms with E-state index in [9.17, 15) is 0 Å². The number of unbranched alkanes of at least 4 members (excludes halogenated alkanes) is 1. The van der Waals surface area contributed by atoms with E-state index in [-0.39, 0.29) is 0 Å². The third-order valence-corrected chi connectivity index (χ3v) is 5.60. The molecule has 0 amide bonds. The average molecular weight is 297 g/mol. The van der Waals surface area contributed by atoms with Gasteiger partial charge in [-0.25, -0.2) is 0 Å². The first kappa shape index (κ1) is 19.0. The van der Waals surface area contributed by atoms with Crippen molar-refractivity contribution in [3.05, 3.63) is 0 Å². The minimum atomic E-state index is 0.312. The number of nitrogens with two attached hydrogens (primary N) is 1. The molecule has 1 rings (SSSR count). The molecule has 1 aliphatic carbocycles. The third kappa shape index (κ3) is 5.90. The molecule has 0 aromatic carbocycles. The second-order valence-electron chi connectivity index (χ2n) is 7.21. The van der Waals surface area contributed by atoms with Crippen molar-refractivity contribution >= 4 is 0 Å². The van der Waals surface area contributed by atoms with Crippen LogP contribution in [0.3, 0.4) is 0 Å². The predicted octanol–water partition coefficient (Wildman–Crippen LogP) is 4.97. The molecule has 0 heterocycles. The lowest BCUT2D eigenvalue weighted by atomic mass is 9.86. The van der Waals surface area contributed by atoms with Crippen LogP contribution in [0.1, 0.15) is 91.4 Å². The molecule has 2 nitrogen and oxygen atoms in total. The Kier molecular flexibility index (Phi) is 9.59. The van der Waals surface area contributed by atoms with Crippen LogP contribution >= 0.6 is 0 Å². The highest BCUT2D eigenvalue weighted by Crippen LogP contribution is 2.33. The molecule has 21 heavy (non-hydrogen) atoms. The predicted molar refractivity (Wildman–Crippen MR) is 94.7 cm³/mol. The van der Waals surface area contributed by atoms with Gasteiger partial charge >= 0.3 is 0 Å². The van der Waals surface area contributed by atoms with E-state index < -0.39 is 0 Å². The summed E-state index contributed by atoms with van der Waals surface area (Å²) in [6.45, 7) is 10.4. The SMILES string of the molecule is CCCCC(CC)CN(CCC)C1(CN)CCCCCC1. The smallest absolute Gasteiger partial charge is 0.0331 e. The first-order valence-corrected chi connectivity index (χ1v) is 9.67. The number of hydrogen-bond acceptors (Lipinski definition) is 2. The topological polar surface area (TPSA) is 29.3 Å². The van der Waals surface area contributed by atoms with E-state index in [0.717, 1.165) is 12.5 Å². The van der Waals surface area contributed by atoms with Crippen LogP contribution in [0.2, 0.25) is 0 Å². The lowest BCUT2D eigenvalue weighted by Gasteiger charge is -2.45. The van der Waals surface area contributed by atoms with E-state index >= 15 is 0 Å². The Balaban J connectivity index is 2.75. The molecule has 126 valence electrons. The summed E-state index contributed by atoms with van der Waals surface area (Å²) in [4.78, 5) is 2.81. The van der Waals surface area contributed by atoms with E-state index in [1.807, 2.05) is 0 Å². The Morgan fingerprint density at radius 2 is 1.67 bits per heavy atom. The molecule has 0 aliphatic heterocycles. The highest BCUT2D eigenvalue weighted by Gasteiger charge is 2.36. The zero-order chi connectivity index (χ0) is 15.6. The Bertz CT molecular complexity index is 244. The summed E-state index contributed by atoms with van der Waals surface area (Å²) >= 11 is 0. The number of hydrogen-bond donors (Lipinski definition) is 1. The van der Waals surface area contributed by atoms with Gasteiger partial charge in [-0.2, -0.15) is 0 Å². The van der Waals surface area contributed by atoms with Crippen molar-refractivity contribution < 1.29 is 0 Å². The van der Waals surface area contributed by atoms with Crippen LogP contribution in [0.25, 0.3) is 0 Å². The molecule has 1 saturated carbocycles. The third-order valence-electron chi connectivity index (χ3n) is 5.60. The molecule has 0 saturated heterocycles. The Labute approximate surface area is 133 Å². The summed E-state index contributed by atoms with van der Waals surface area (Å²) in [7, 11) is 0. The Hall–Kier alpha value is -0.0800. The standard InChI is InChI=1S/C19H40N2/c1-4-7-12-18(6-3)16-21(15-5-2)19(17-20)13-10-8-9-11-14-19/h18H,4-17,20H2,1-3H3. The monoisotopic (exact) mass is 296 g/mol. The highest BCUT2D eigenvalue weighted by atomic mass is 15.2. The van der Waals surface area contributed by atoms with Crippen molar-refractivity contribution in [1.82, 2.24) is 4.90 Å². The Morgan fingerprint density at radius 1 is 1.00 bits per heavy atom. The van der Waals surface area contributed by atoms with E-state index in [1.165, 1.54) is 83.7 Å². The van der Waals surface area contributed by atoms with Gasteiger partial charge in [0.05, 0.1) is 0 Å². The maximum absolute atomic E-state index is 6.31. The summed E-state index contributed by atoms with van der Waals surface area (Å²) in [6.07, 6.45) is 14.9. The first-order chi connectivity index (χ1) is 10.2. The quantitative estimate of drug-likeness (QED) is 0.577. The fourth-order valence-electron chi connectivity index (χ4n) is 4.06. The normalized spacial score (nSPS) is 20.4. The van der Waals surface area contributed by atoms with Gasteiger partial charge < -0.3 is 5.73 Å². The van der Waals surface area contributed by atoms with Crippen LogP contribution in [0.15, 0.2) is 0 Å². The van der Waals surface area contributed by atoms with Gasteiger partial charge in [-0.05, 0) is 38.1 Å². The highest BCUT2D eigenvalue weighted by molar-refractivity contribution is 4.93. The summed E-state index contributed by atoms with van der Waals surface area (Å²) in [5.41, 5.74) is 6.63. The second kappa shape index (κ2) is 10.6. The zero-order valence-corrected chi connectivity index (χ0v) is 15.0. The van der Waals surface area contributed by atoms with E-state index in [1.54, 1.807) is 0 Å². The lowest BCUT2D eigenvalue weighted by molar-refractivity contribution is 0.0581. The van der Waals surface area contributed by atoms with Crippen LogP contribution in [0, 0.1) is 5.92 Å². The van der Waals surface area contributed by atoms with Crippen LogP contribution in [-0.4, -0.2) is 30.1 Å². The molecule has 1 atom stereocenters. The summed E-state index contributed by atoms with van der Waals surface area (Å²) in [5.74, 6) is 0.864. The van der Waals surface area contributed by atoms with Crippen LogP contribution < -0.4 is 5.73 Å². The van der Waals surface area contributed by atoms with Gasteiger partial charge in [0.25, 0.3) is 0 Å². The fraction of sp³-hybridized carbons (Fsp3) is 1.00. The first-order valence-electron chi connectivity index (χ1n) is 9.67. The van der Waals surface area contributed by atoms with Gasteiger partial charge in [-0.3, -0.25) is 4.90 Å².